The number of carbonyl (C=O) groups excluding carboxylic acids is 1. The number of carbonyl (C=O) groups is 1. The maximum atomic E-state index is 12.5. The van der Waals surface area contributed by atoms with Gasteiger partial charge in [0.1, 0.15) is 12.2 Å². The second-order valence-corrected chi connectivity index (χ2v) is 5.74. The number of hydrogen-bond acceptors (Lipinski definition) is 4. The minimum absolute atomic E-state index is 0.00864. The Bertz CT molecular complexity index is 291. The standard InChI is InChI=1S/C14H26N2O3/c1-18-12-8-16(9-13(12)19-2)14(17)11-5-3-10(7-15)4-6-11/h10-13H,3-9,15H2,1-2H3. The topological polar surface area (TPSA) is 64.8 Å². The molecule has 1 aliphatic heterocycles. The van der Waals surface area contributed by atoms with E-state index in [9.17, 15) is 4.79 Å². The van der Waals surface area contributed by atoms with Gasteiger partial charge in [0.15, 0.2) is 0 Å². The Morgan fingerprint density at radius 3 is 2.05 bits per heavy atom. The number of amides is 1. The van der Waals surface area contributed by atoms with E-state index in [4.69, 9.17) is 15.2 Å². The monoisotopic (exact) mass is 270 g/mol. The number of hydrogen-bond donors (Lipinski definition) is 1. The van der Waals surface area contributed by atoms with Crippen molar-refractivity contribution in [2.75, 3.05) is 33.9 Å². The molecule has 0 bridgehead atoms. The number of rotatable bonds is 4. The third-order valence-corrected chi connectivity index (χ3v) is 4.66. The number of nitrogens with zero attached hydrogens (tertiary/aromatic N) is 1. The van der Waals surface area contributed by atoms with Crippen LogP contribution in [0.1, 0.15) is 25.7 Å². The first-order chi connectivity index (χ1) is 9.19. The molecule has 1 saturated carbocycles. The van der Waals surface area contributed by atoms with Gasteiger partial charge in [0.2, 0.25) is 5.91 Å². The normalized spacial score (nSPS) is 35.6. The van der Waals surface area contributed by atoms with E-state index in [0.29, 0.717) is 19.0 Å². The fourth-order valence-corrected chi connectivity index (χ4v) is 3.28. The summed E-state index contributed by atoms with van der Waals surface area (Å²) in [5.41, 5.74) is 5.69. The Balaban J connectivity index is 1.87. The van der Waals surface area contributed by atoms with Gasteiger partial charge in [-0.2, -0.15) is 0 Å². The molecule has 0 aromatic carbocycles. The highest BCUT2D eigenvalue weighted by molar-refractivity contribution is 5.79. The molecule has 2 fully saturated rings. The van der Waals surface area contributed by atoms with E-state index in [1.807, 2.05) is 4.90 Å². The van der Waals surface area contributed by atoms with E-state index in [0.717, 1.165) is 32.2 Å². The molecule has 19 heavy (non-hydrogen) atoms. The SMILES string of the molecule is COC1CN(C(=O)C2CCC(CN)CC2)CC1OC. The van der Waals surface area contributed by atoms with Crippen LogP contribution >= 0.6 is 0 Å². The second kappa shape index (κ2) is 6.68. The van der Waals surface area contributed by atoms with Crippen molar-refractivity contribution in [1.82, 2.24) is 4.90 Å². The van der Waals surface area contributed by atoms with Crippen molar-refractivity contribution in [3.05, 3.63) is 0 Å². The van der Waals surface area contributed by atoms with Crippen LogP contribution in [-0.2, 0) is 14.3 Å². The molecule has 2 unspecified atom stereocenters. The van der Waals surface area contributed by atoms with Crippen molar-refractivity contribution in [2.45, 2.75) is 37.9 Å². The molecule has 2 aliphatic rings. The summed E-state index contributed by atoms with van der Waals surface area (Å²) in [5, 5.41) is 0. The summed E-state index contributed by atoms with van der Waals surface area (Å²) in [6.45, 7) is 2.07. The molecule has 0 spiro atoms. The summed E-state index contributed by atoms with van der Waals surface area (Å²) in [6.07, 6.45) is 4.15. The Kier molecular flexibility index (Phi) is 5.19. The summed E-state index contributed by atoms with van der Waals surface area (Å²) in [5.74, 6) is 1.06. The van der Waals surface area contributed by atoms with Gasteiger partial charge < -0.3 is 20.1 Å². The maximum absolute atomic E-state index is 12.5. The van der Waals surface area contributed by atoms with Crippen LogP contribution in [-0.4, -0.2) is 56.9 Å². The van der Waals surface area contributed by atoms with Crippen molar-refractivity contribution >= 4 is 5.91 Å². The predicted molar refractivity (Wildman–Crippen MR) is 72.7 cm³/mol. The zero-order valence-corrected chi connectivity index (χ0v) is 12.0. The summed E-state index contributed by atoms with van der Waals surface area (Å²) in [7, 11) is 3.36. The number of methoxy groups -OCH3 is 2. The number of likely N-dealkylation sites (tertiary alicyclic amines) is 1. The molecule has 0 radical (unpaired) electrons. The fraction of sp³-hybridized carbons (Fsp3) is 0.929. The largest absolute Gasteiger partial charge is 0.377 e. The highest BCUT2D eigenvalue weighted by Crippen LogP contribution is 2.30. The zero-order chi connectivity index (χ0) is 13.8. The molecule has 0 aromatic heterocycles. The van der Waals surface area contributed by atoms with Crippen molar-refractivity contribution < 1.29 is 14.3 Å². The van der Waals surface area contributed by atoms with E-state index < -0.39 is 0 Å². The average Bonchev–Trinajstić information content (AvgIpc) is 2.89. The van der Waals surface area contributed by atoms with E-state index in [2.05, 4.69) is 0 Å². The lowest BCUT2D eigenvalue weighted by Crippen LogP contribution is -2.37. The van der Waals surface area contributed by atoms with Gasteiger partial charge in [-0.25, -0.2) is 0 Å². The molecule has 110 valence electrons. The lowest BCUT2D eigenvalue weighted by Gasteiger charge is -2.29. The first kappa shape index (κ1) is 14.8. The summed E-state index contributed by atoms with van der Waals surface area (Å²) >= 11 is 0. The van der Waals surface area contributed by atoms with Crippen LogP contribution in [0.4, 0.5) is 0 Å². The molecule has 2 atom stereocenters. The first-order valence-electron chi connectivity index (χ1n) is 7.24. The molecular formula is C14H26N2O3. The second-order valence-electron chi connectivity index (χ2n) is 5.74. The minimum atomic E-state index is 0.00864. The Labute approximate surface area is 115 Å². The summed E-state index contributed by atoms with van der Waals surface area (Å²) < 4.78 is 10.8. The number of nitrogens with two attached hydrogens (primary N) is 1. The third-order valence-electron chi connectivity index (χ3n) is 4.66. The molecular weight excluding hydrogens is 244 g/mol. The predicted octanol–water partition coefficient (Wildman–Crippen LogP) is 0.624. The van der Waals surface area contributed by atoms with Crippen LogP contribution in [0.5, 0.6) is 0 Å². The van der Waals surface area contributed by atoms with E-state index >= 15 is 0 Å². The van der Waals surface area contributed by atoms with Gasteiger partial charge in [0, 0.05) is 33.2 Å². The molecule has 1 heterocycles. The van der Waals surface area contributed by atoms with Crippen LogP contribution < -0.4 is 5.73 Å². The van der Waals surface area contributed by atoms with E-state index in [1.165, 1.54) is 0 Å². The van der Waals surface area contributed by atoms with Gasteiger partial charge >= 0.3 is 0 Å². The van der Waals surface area contributed by atoms with Crippen molar-refractivity contribution in [3.8, 4) is 0 Å². The highest BCUT2D eigenvalue weighted by atomic mass is 16.5. The van der Waals surface area contributed by atoms with Gasteiger partial charge in [-0.1, -0.05) is 0 Å². The molecule has 1 saturated heterocycles. The molecule has 5 heteroatoms. The van der Waals surface area contributed by atoms with Crippen LogP contribution in [0.3, 0.4) is 0 Å². The third kappa shape index (κ3) is 3.27. The van der Waals surface area contributed by atoms with Gasteiger partial charge in [-0.05, 0) is 38.1 Å². The molecule has 5 nitrogen and oxygen atoms in total. The highest BCUT2D eigenvalue weighted by Gasteiger charge is 2.38. The van der Waals surface area contributed by atoms with Crippen LogP contribution in [0.15, 0.2) is 0 Å². The van der Waals surface area contributed by atoms with E-state index in [-0.39, 0.29) is 24.0 Å². The smallest absolute Gasteiger partial charge is 0.225 e. The molecule has 2 N–H and O–H groups in total. The maximum Gasteiger partial charge on any atom is 0.225 e. The first-order valence-corrected chi connectivity index (χ1v) is 7.24. The summed E-state index contributed by atoms with van der Waals surface area (Å²) in [4.78, 5) is 14.4. The summed E-state index contributed by atoms with van der Waals surface area (Å²) in [6, 6.07) is 0. The Morgan fingerprint density at radius 2 is 1.63 bits per heavy atom. The molecule has 2 rings (SSSR count). The zero-order valence-electron chi connectivity index (χ0n) is 12.0. The van der Waals surface area contributed by atoms with Gasteiger partial charge in [-0.15, -0.1) is 0 Å². The molecule has 0 aromatic rings. The quantitative estimate of drug-likeness (QED) is 0.813. The lowest BCUT2D eigenvalue weighted by atomic mass is 9.81. The van der Waals surface area contributed by atoms with Gasteiger partial charge in [-0.3, -0.25) is 4.79 Å². The molecule has 1 aliphatic carbocycles. The Hall–Kier alpha value is -0.650. The fourth-order valence-electron chi connectivity index (χ4n) is 3.28. The number of ether oxygens (including phenoxy) is 2. The van der Waals surface area contributed by atoms with Gasteiger partial charge in [0.05, 0.1) is 0 Å². The van der Waals surface area contributed by atoms with Crippen LogP contribution in [0, 0.1) is 11.8 Å². The Morgan fingerprint density at radius 1 is 1.11 bits per heavy atom. The van der Waals surface area contributed by atoms with E-state index in [1.54, 1.807) is 14.2 Å². The van der Waals surface area contributed by atoms with Crippen LogP contribution in [0.2, 0.25) is 0 Å². The van der Waals surface area contributed by atoms with Gasteiger partial charge in [0.25, 0.3) is 0 Å². The van der Waals surface area contributed by atoms with Crippen molar-refractivity contribution in [1.29, 1.82) is 0 Å². The average molecular weight is 270 g/mol. The van der Waals surface area contributed by atoms with Crippen molar-refractivity contribution in [3.63, 3.8) is 0 Å². The lowest BCUT2D eigenvalue weighted by molar-refractivity contribution is -0.136. The van der Waals surface area contributed by atoms with Crippen LogP contribution in [0.25, 0.3) is 0 Å². The minimum Gasteiger partial charge on any atom is -0.377 e. The van der Waals surface area contributed by atoms with Crippen molar-refractivity contribution in [2.24, 2.45) is 17.6 Å². The molecule has 1 amide bonds.